The predicted octanol–water partition coefficient (Wildman–Crippen LogP) is 2.48. The molecule has 0 atom stereocenters. The summed E-state index contributed by atoms with van der Waals surface area (Å²) in [5.74, 6) is 0. The summed E-state index contributed by atoms with van der Waals surface area (Å²) in [6.45, 7) is 6.03. The molecule has 0 amide bonds. The Bertz CT molecular complexity index is 390. The molecule has 0 saturated heterocycles. The van der Waals surface area contributed by atoms with Crippen molar-refractivity contribution in [2.45, 2.75) is 20.8 Å². The third-order valence-corrected chi connectivity index (χ3v) is 1.76. The van der Waals surface area contributed by atoms with E-state index in [-0.39, 0.29) is 0 Å². The summed E-state index contributed by atoms with van der Waals surface area (Å²) in [5.41, 5.74) is 8.36. The summed E-state index contributed by atoms with van der Waals surface area (Å²) in [7, 11) is 0. The van der Waals surface area contributed by atoms with Crippen LogP contribution in [0.2, 0.25) is 0 Å². The average Bonchev–Trinajstić information content (AvgIpc) is 2.52. The maximum Gasteiger partial charge on any atom is 0.137 e. The van der Waals surface area contributed by atoms with Gasteiger partial charge in [0.2, 0.25) is 0 Å². The van der Waals surface area contributed by atoms with Crippen molar-refractivity contribution in [2.75, 3.05) is 5.73 Å². The molecular weight excluding hydrogens is 162 g/mol. The topological polar surface area (TPSA) is 54.7 Å². The molecule has 0 saturated carbocycles. The maximum absolute atomic E-state index is 5.58. The van der Waals surface area contributed by atoms with Crippen LogP contribution >= 0.6 is 0 Å². The lowest BCUT2D eigenvalue weighted by atomic mass is 10.2. The van der Waals surface area contributed by atoms with Crippen LogP contribution in [-0.4, -0.2) is 9.97 Å². The molecule has 0 fully saturated rings. The minimum absolute atomic E-state index is 0.709. The molecule has 2 rings (SSSR count). The second kappa shape index (κ2) is 3.94. The number of aromatic amines is 1. The Morgan fingerprint density at radius 3 is 2.77 bits per heavy atom. The van der Waals surface area contributed by atoms with Crippen molar-refractivity contribution in [3.05, 3.63) is 24.0 Å². The first kappa shape index (κ1) is 9.58. The zero-order valence-electron chi connectivity index (χ0n) is 8.26. The molecule has 3 heteroatoms. The summed E-state index contributed by atoms with van der Waals surface area (Å²) in [6.07, 6.45) is 3.58. The number of pyridine rings is 1. The minimum atomic E-state index is 0.709. The fraction of sp³-hybridized carbons (Fsp3) is 0.300. The molecule has 0 bridgehead atoms. The number of aromatic nitrogens is 2. The molecule has 0 aromatic carbocycles. The zero-order valence-corrected chi connectivity index (χ0v) is 8.26. The van der Waals surface area contributed by atoms with Gasteiger partial charge in [-0.3, -0.25) is 0 Å². The van der Waals surface area contributed by atoms with Gasteiger partial charge in [0.25, 0.3) is 0 Å². The Labute approximate surface area is 78.0 Å². The first-order valence-electron chi connectivity index (χ1n) is 4.46. The van der Waals surface area contributed by atoms with Crippen molar-refractivity contribution in [1.29, 1.82) is 0 Å². The highest BCUT2D eigenvalue weighted by molar-refractivity contribution is 5.81. The van der Waals surface area contributed by atoms with Gasteiger partial charge in [-0.05, 0) is 18.6 Å². The van der Waals surface area contributed by atoms with Gasteiger partial charge in [-0.25, -0.2) is 4.98 Å². The summed E-state index contributed by atoms with van der Waals surface area (Å²) in [4.78, 5) is 7.17. The van der Waals surface area contributed by atoms with E-state index in [0.717, 1.165) is 11.0 Å². The molecular formula is C10H15N3. The standard InChI is InChI=1S/C8H9N3.C2H6/c1-5-3-10-8-7(5)2-6(9)4-11-8;1-2/h2-4H,9H2,1H3,(H,10,11);1-2H3. The largest absolute Gasteiger partial charge is 0.397 e. The molecule has 70 valence electrons. The normalized spacial score (nSPS) is 9.46. The number of hydrogen-bond acceptors (Lipinski definition) is 2. The summed E-state index contributed by atoms with van der Waals surface area (Å²) in [6, 6.07) is 1.92. The third kappa shape index (κ3) is 1.80. The van der Waals surface area contributed by atoms with E-state index in [1.165, 1.54) is 5.56 Å². The summed E-state index contributed by atoms with van der Waals surface area (Å²) >= 11 is 0. The lowest BCUT2D eigenvalue weighted by molar-refractivity contribution is 1.32. The van der Waals surface area contributed by atoms with Crippen molar-refractivity contribution < 1.29 is 0 Å². The van der Waals surface area contributed by atoms with Crippen LogP contribution in [0, 0.1) is 6.92 Å². The van der Waals surface area contributed by atoms with Crippen molar-refractivity contribution >= 4 is 16.7 Å². The van der Waals surface area contributed by atoms with Crippen LogP contribution in [0.15, 0.2) is 18.5 Å². The summed E-state index contributed by atoms with van der Waals surface area (Å²) in [5, 5.41) is 1.10. The number of anilines is 1. The van der Waals surface area contributed by atoms with Crippen molar-refractivity contribution in [2.24, 2.45) is 0 Å². The number of rotatable bonds is 0. The van der Waals surface area contributed by atoms with E-state index < -0.39 is 0 Å². The lowest BCUT2D eigenvalue weighted by Gasteiger charge is -1.92. The first-order chi connectivity index (χ1) is 6.27. The second-order valence-electron chi connectivity index (χ2n) is 2.64. The van der Waals surface area contributed by atoms with Gasteiger partial charge in [-0.1, -0.05) is 13.8 Å². The van der Waals surface area contributed by atoms with Crippen LogP contribution in [0.25, 0.3) is 11.0 Å². The Balaban J connectivity index is 0.000000396. The molecule has 0 radical (unpaired) electrons. The average molecular weight is 177 g/mol. The Hall–Kier alpha value is -1.51. The zero-order chi connectivity index (χ0) is 9.84. The number of nitrogens with zero attached hydrogens (tertiary/aromatic N) is 1. The SMILES string of the molecule is CC.Cc1c[nH]c2ncc(N)cc12. The molecule has 3 nitrogen and oxygen atoms in total. The van der Waals surface area contributed by atoms with Crippen LogP contribution in [0.5, 0.6) is 0 Å². The molecule has 2 aromatic rings. The number of aryl methyl sites for hydroxylation is 1. The minimum Gasteiger partial charge on any atom is -0.397 e. The smallest absolute Gasteiger partial charge is 0.137 e. The number of nitrogen functional groups attached to an aromatic ring is 1. The van der Waals surface area contributed by atoms with Crippen molar-refractivity contribution in [3.63, 3.8) is 0 Å². The van der Waals surface area contributed by atoms with Crippen molar-refractivity contribution in [1.82, 2.24) is 9.97 Å². The van der Waals surface area contributed by atoms with Gasteiger partial charge < -0.3 is 10.7 Å². The van der Waals surface area contributed by atoms with E-state index in [0.29, 0.717) is 5.69 Å². The Kier molecular flexibility index (Phi) is 2.90. The van der Waals surface area contributed by atoms with Gasteiger partial charge >= 0.3 is 0 Å². The van der Waals surface area contributed by atoms with E-state index in [1.807, 2.05) is 33.0 Å². The quantitative estimate of drug-likeness (QED) is 0.649. The molecule has 0 spiro atoms. The van der Waals surface area contributed by atoms with E-state index in [4.69, 9.17) is 5.73 Å². The van der Waals surface area contributed by atoms with E-state index in [9.17, 15) is 0 Å². The number of H-pyrrole nitrogens is 1. The highest BCUT2D eigenvalue weighted by atomic mass is 14.8. The Morgan fingerprint density at radius 1 is 1.38 bits per heavy atom. The van der Waals surface area contributed by atoms with Crippen LogP contribution in [0.4, 0.5) is 5.69 Å². The molecule has 2 aromatic heterocycles. The monoisotopic (exact) mass is 177 g/mol. The predicted molar refractivity (Wildman–Crippen MR) is 56.6 cm³/mol. The van der Waals surface area contributed by atoms with Gasteiger partial charge in [0, 0.05) is 11.6 Å². The van der Waals surface area contributed by atoms with Crippen LogP contribution in [-0.2, 0) is 0 Å². The Morgan fingerprint density at radius 2 is 2.08 bits per heavy atom. The molecule has 0 unspecified atom stereocenters. The fourth-order valence-corrected chi connectivity index (χ4v) is 1.15. The van der Waals surface area contributed by atoms with E-state index in [1.54, 1.807) is 6.20 Å². The second-order valence-corrected chi connectivity index (χ2v) is 2.64. The van der Waals surface area contributed by atoms with Gasteiger partial charge in [0.05, 0.1) is 11.9 Å². The molecule has 0 aliphatic carbocycles. The third-order valence-electron chi connectivity index (χ3n) is 1.76. The lowest BCUT2D eigenvalue weighted by Crippen LogP contribution is -1.85. The number of hydrogen-bond donors (Lipinski definition) is 2. The van der Waals surface area contributed by atoms with Crippen molar-refractivity contribution in [3.8, 4) is 0 Å². The number of nitrogens with two attached hydrogens (primary N) is 1. The van der Waals surface area contributed by atoms with Gasteiger partial charge in [0.15, 0.2) is 0 Å². The van der Waals surface area contributed by atoms with Crippen LogP contribution in [0.1, 0.15) is 19.4 Å². The fourth-order valence-electron chi connectivity index (χ4n) is 1.15. The molecule has 2 heterocycles. The maximum atomic E-state index is 5.58. The van der Waals surface area contributed by atoms with Gasteiger partial charge in [0.1, 0.15) is 5.65 Å². The van der Waals surface area contributed by atoms with Gasteiger partial charge in [-0.15, -0.1) is 0 Å². The van der Waals surface area contributed by atoms with Crippen LogP contribution < -0.4 is 5.73 Å². The highest BCUT2D eigenvalue weighted by Gasteiger charge is 1.99. The van der Waals surface area contributed by atoms with Gasteiger partial charge in [-0.2, -0.15) is 0 Å². The molecule has 13 heavy (non-hydrogen) atoms. The molecule has 3 N–H and O–H groups in total. The summed E-state index contributed by atoms with van der Waals surface area (Å²) < 4.78 is 0. The number of fused-ring (bicyclic) bond motifs is 1. The molecule has 0 aliphatic rings. The van der Waals surface area contributed by atoms with Crippen LogP contribution in [0.3, 0.4) is 0 Å². The van der Waals surface area contributed by atoms with E-state index >= 15 is 0 Å². The van der Waals surface area contributed by atoms with E-state index in [2.05, 4.69) is 9.97 Å². The molecule has 0 aliphatic heterocycles. The number of nitrogens with one attached hydrogen (secondary N) is 1. The first-order valence-corrected chi connectivity index (χ1v) is 4.46. The highest BCUT2D eigenvalue weighted by Crippen LogP contribution is 2.16.